The maximum absolute atomic E-state index is 12.7. The molecule has 5 heteroatoms. The van der Waals surface area contributed by atoms with E-state index < -0.39 is 5.97 Å². The average Bonchev–Trinajstić information content (AvgIpc) is 3.14. The molecule has 0 aromatic heterocycles. The normalized spacial score (nSPS) is 15.8. The Morgan fingerprint density at radius 1 is 1.32 bits per heavy atom. The van der Waals surface area contributed by atoms with E-state index in [0.29, 0.717) is 5.56 Å². The summed E-state index contributed by atoms with van der Waals surface area (Å²) in [5, 5.41) is 11.6. The second-order valence-electron chi connectivity index (χ2n) is 4.91. The molecule has 4 nitrogen and oxygen atoms in total. The Kier molecular flexibility index (Phi) is 4.14. The highest BCUT2D eigenvalue weighted by atomic mass is 19.1. The van der Waals surface area contributed by atoms with E-state index in [1.165, 1.54) is 12.1 Å². The van der Waals surface area contributed by atoms with E-state index in [1.807, 2.05) is 0 Å². The largest absolute Gasteiger partial charge is 0.481 e. The Hall–Kier alpha value is -1.91. The first-order valence-electron chi connectivity index (χ1n) is 6.30. The molecule has 0 saturated heterocycles. The van der Waals surface area contributed by atoms with E-state index in [4.69, 9.17) is 5.11 Å². The molecule has 102 valence electrons. The molecular weight excluding hydrogens is 249 g/mol. The van der Waals surface area contributed by atoms with Gasteiger partial charge in [0.25, 0.3) is 0 Å². The Morgan fingerprint density at radius 3 is 2.47 bits per heavy atom. The van der Waals surface area contributed by atoms with Crippen LogP contribution in [0.25, 0.3) is 0 Å². The molecule has 1 unspecified atom stereocenters. The van der Waals surface area contributed by atoms with Crippen LogP contribution in [0.1, 0.15) is 24.8 Å². The van der Waals surface area contributed by atoms with Crippen molar-refractivity contribution in [1.29, 1.82) is 0 Å². The van der Waals surface area contributed by atoms with Gasteiger partial charge in [-0.2, -0.15) is 0 Å². The summed E-state index contributed by atoms with van der Waals surface area (Å²) in [5.74, 6) is -1.18. The van der Waals surface area contributed by atoms with E-state index in [1.54, 1.807) is 12.1 Å². The molecule has 1 atom stereocenters. The van der Waals surface area contributed by atoms with Gasteiger partial charge in [-0.25, -0.2) is 4.39 Å². The minimum Gasteiger partial charge on any atom is -0.481 e. The number of nitrogens with one attached hydrogen (secondary N) is 1. The monoisotopic (exact) mass is 265 g/mol. The molecule has 1 fully saturated rings. The van der Waals surface area contributed by atoms with Crippen LogP contribution < -0.4 is 5.32 Å². The zero-order chi connectivity index (χ0) is 13.8. The van der Waals surface area contributed by atoms with Crippen LogP contribution in [-0.4, -0.2) is 23.0 Å². The summed E-state index contributed by atoms with van der Waals surface area (Å²) < 4.78 is 12.7. The van der Waals surface area contributed by atoms with Crippen molar-refractivity contribution >= 4 is 11.9 Å². The third kappa shape index (κ3) is 4.35. The highest BCUT2D eigenvalue weighted by molar-refractivity contribution is 5.79. The minimum atomic E-state index is -0.904. The highest BCUT2D eigenvalue weighted by Gasteiger charge is 2.33. The molecule has 1 aromatic carbocycles. The van der Waals surface area contributed by atoms with Gasteiger partial charge >= 0.3 is 5.97 Å². The second kappa shape index (κ2) is 5.82. The maximum Gasteiger partial charge on any atom is 0.305 e. The summed E-state index contributed by atoms with van der Waals surface area (Å²) in [4.78, 5) is 22.5. The van der Waals surface area contributed by atoms with E-state index in [0.717, 1.165) is 12.8 Å². The molecule has 2 rings (SSSR count). The zero-order valence-electron chi connectivity index (χ0n) is 10.4. The summed E-state index contributed by atoms with van der Waals surface area (Å²) in [5.41, 5.74) is 0.712. The molecule has 19 heavy (non-hydrogen) atoms. The van der Waals surface area contributed by atoms with Gasteiger partial charge in [-0.3, -0.25) is 9.59 Å². The van der Waals surface area contributed by atoms with Crippen molar-refractivity contribution < 1.29 is 19.1 Å². The van der Waals surface area contributed by atoms with Crippen molar-refractivity contribution in [3.63, 3.8) is 0 Å². The van der Waals surface area contributed by atoms with E-state index >= 15 is 0 Å². The van der Waals surface area contributed by atoms with Crippen molar-refractivity contribution in [2.24, 2.45) is 5.92 Å². The van der Waals surface area contributed by atoms with Gasteiger partial charge in [-0.15, -0.1) is 0 Å². The smallest absolute Gasteiger partial charge is 0.305 e. The Morgan fingerprint density at radius 2 is 1.95 bits per heavy atom. The summed E-state index contributed by atoms with van der Waals surface area (Å²) in [6.07, 6.45) is 2.03. The van der Waals surface area contributed by atoms with Gasteiger partial charge in [0.2, 0.25) is 5.91 Å². The van der Waals surface area contributed by atoms with Crippen molar-refractivity contribution in [2.45, 2.75) is 31.7 Å². The lowest BCUT2D eigenvalue weighted by Gasteiger charge is -2.16. The van der Waals surface area contributed by atoms with Crippen LogP contribution in [0, 0.1) is 11.7 Å². The van der Waals surface area contributed by atoms with Crippen LogP contribution in [0.5, 0.6) is 0 Å². The van der Waals surface area contributed by atoms with Gasteiger partial charge in [0.15, 0.2) is 0 Å². The fourth-order valence-corrected chi connectivity index (χ4v) is 2.07. The summed E-state index contributed by atoms with van der Waals surface area (Å²) in [6.45, 7) is 0. The first-order valence-corrected chi connectivity index (χ1v) is 6.30. The van der Waals surface area contributed by atoms with Crippen LogP contribution in [0.4, 0.5) is 4.39 Å². The van der Waals surface area contributed by atoms with E-state index in [9.17, 15) is 14.0 Å². The Balaban J connectivity index is 1.88. The lowest BCUT2D eigenvalue weighted by atomic mass is 10.1. The SMILES string of the molecule is O=C(O)CC(NC(=O)Cc1ccc(F)cc1)C1CC1. The van der Waals surface area contributed by atoms with Crippen molar-refractivity contribution in [1.82, 2.24) is 5.32 Å². The van der Waals surface area contributed by atoms with Gasteiger partial charge in [0, 0.05) is 6.04 Å². The van der Waals surface area contributed by atoms with Crippen molar-refractivity contribution in [3.05, 3.63) is 35.6 Å². The van der Waals surface area contributed by atoms with Crippen LogP contribution in [0.3, 0.4) is 0 Å². The number of carbonyl (C=O) groups excluding carboxylic acids is 1. The molecule has 1 aromatic rings. The average molecular weight is 265 g/mol. The molecule has 0 heterocycles. The Labute approximate surface area is 110 Å². The lowest BCUT2D eigenvalue weighted by molar-refractivity contribution is -0.137. The topological polar surface area (TPSA) is 66.4 Å². The van der Waals surface area contributed by atoms with Crippen LogP contribution >= 0.6 is 0 Å². The molecule has 0 spiro atoms. The number of halogens is 1. The maximum atomic E-state index is 12.7. The second-order valence-corrected chi connectivity index (χ2v) is 4.91. The third-order valence-corrected chi connectivity index (χ3v) is 3.21. The van der Waals surface area contributed by atoms with E-state index in [2.05, 4.69) is 5.32 Å². The fourth-order valence-electron chi connectivity index (χ4n) is 2.07. The molecule has 0 aliphatic heterocycles. The first-order chi connectivity index (χ1) is 9.04. The number of hydrogen-bond donors (Lipinski definition) is 2. The van der Waals surface area contributed by atoms with Gasteiger partial charge in [-0.1, -0.05) is 12.1 Å². The lowest BCUT2D eigenvalue weighted by Crippen LogP contribution is -2.38. The minimum absolute atomic E-state index is 0.0418. The summed E-state index contributed by atoms with van der Waals surface area (Å²) in [6, 6.07) is 5.43. The van der Waals surface area contributed by atoms with Gasteiger partial charge in [0.1, 0.15) is 5.82 Å². The quantitative estimate of drug-likeness (QED) is 0.823. The number of aliphatic carboxylic acids is 1. The summed E-state index contributed by atoms with van der Waals surface area (Å²) in [7, 11) is 0. The molecular formula is C14H16FNO3. The number of carbonyl (C=O) groups is 2. The standard InChI is InChI=1S/C14H16FNO3/c15-11-5-1-9(2-6-11)7-13(17)16-12(8-14(18)19)10-3-4-10/h1-2,5-6,10,12H,3-4,7-8H2,(H,16,17)(H,18,19). The molecule has 2 N–H and O–H groups in total. The summed E-state index contributed by atoms with van der Waals surface area (Å²) >= 11 is 0. The van der Waals surface area contributed by atoms with Gasteiger partial charge in [0.05, 0.1) is 12.8 Å². The highest BCUT2D eigenvalue weighted by Crippen LogP contribution is 2.34. The Bertz CT molecular complexity index is 468. The predicted molar refractivity (Wildman–Crippen MR) is 67.0 cm³/mol. The van der Waals surface area contributed by atoms with Crippen LogP contribution in [0.15, 0.2) is 24.3 Å². The predicted octanol–water partition coefficient (Wildman–Crippen LogP) is 1.74. The van der Waals surface area contributed by atoms with Gasteiger partial charge in [-0.05, 0) is 36.5 Å². The van der Waals surface area contributed by atoms with Crippen molar-refractivity contribution in [3.8, 4) is 0 Å². The fraction of sp³-hybridized carbons (Fsp3) is 0.429. The van der Waals surface area contributed by atoms with Crippen LogP contribution in [0.2, 0.25) is 0 Å². The number of carboxylic acid groups (broad SMARTS) is 1. The molecule has 0 bridgehead atoms. The van der Waals surface area contributed by atoms with Crippen LogP contribution in [-0.2, 0) is 16.0 Å². The van der Waals surface area contributed by atoms with E-state index in [-0.39, 0.29) is 36.5 Å². The zero-order valence-corrected chi connectivity index (χ0v) is 10.4. The number of amides is 1. The molecule has 1 aliphatic rings. The number of hydrogen-bond acceptors (Lipinski definition) is 2. The molecule has 1 aliphatic carbocycles. The number of carboxylic acids is 1. The molecule has 1 saturated carbocycles. The van der Waals surface area contributed by atoms with Gasteiger partial charge < -0.3 is 10.4 Å². The molecule has 0 radical (unpaired) electrons. The third-order valence-electron chi connectivity index (χ3n) is 3.21. The first kappa shape index (κ1) is 13.5. The number of rotatable bonds is 6. The molecule has 1 amide bonds. The van der Waals surface area contributed by atoms with Crippen molar-refractivity contribution in [2.75, 3.05) is 0 Å². The number of benzene rings is 1.